The van der Waals surface area contributed by atoms with Crippen molar-refractivity contribution >= 4 is 27.9 Å². The Morgan fingerprint density at radius 3 is 2.94 bits per heavy atom. The minimum atomic E-state index is -0.284. The lowest BCUT2D eigenvalue weighted by Gasteiger charge is -2.08. The maximum absolute atomic E-state index is 12.9. The Kier molecular flexibility index (Phi) is 4.00. The second-order valence-electron chi connectivity index (χ2n) is 6.95. The van der Waals surface area contributed by atoms with Crippen LogP contribution in [0, 0.1) is 0 Å². The number of para-hydroxylation sites is 1. The van der Waals surface area contributed by atoms with Gasteiger partial charge in [0.15, 0.2) is 16.5 Å². The van der Waals surface area contributed by atoms with Gasteiger partial charge in [0.05, 0.1) is 17.1 Å². The molecule has 8 nitrogen and oxygen atoms in total. The van der Waals surface area contributed by atoms with E-state index in [1.165, 1.54) is 0 Å². The molecule has 0 atom stereocenters. The van der Waals surface area contributed by atoms with Gasteiger partial charge in [-0.3, -0.25) is 14.3 Å². The highest BCUT2D eigenvalue weighted by atomic mass is 32.1. The Morgan fingerprint density at radius 2 is 2.00 bits per heavy atom. The van der Waals surface area contributed by atoms with E-state index in [2.05, 4.69) is 20.5 Å². The van der Waals surface area contributed by atoms with Crippen molar-refractivity contribution in [2.45, 2.75) is 0 Å². The van der Waals surface area contributed by atoms with Crippen LogP contribution in [-0.4, -0.2) is 32.3 Å². The molecule has 0 fully saturated rings. The van der Waals surface area contributed by atoms with Crippen LogP contribution < -0.4 is 14.8 Å². The molecule has 0 spiro atoms. The van der Waals surface area contributed by atoms with Crippen molar-refractivity contribution in [1.82, 2.24) is 19.6 Å². The molecule has 0 radical (unpaired) electrons. The van der Waals surface area contributed by atoms with Crippen LogP contribution in [0.2, 0.25) is 0 Å². The zero-order valence-electron chi connectivity index (χ0n) is 16.0. The summed E-state index contributed by atoms with van der Waals surface area (Å²) >= 11 is 1.56. The molecule has 9 heteroatoms. The molecule has 2 aromatic carbocycles. The van der Waals surface area contributed by atoms with Gasteiger partial charge < -0.3 is 14.8 Å². The molecule has 31 heavy (non-hydrogen) atoms. The predicted octanol–water partition coefficient (Wildman–Crippen LogP) is 4.43. The van der Waals surface area contributed by atoms with E-state index in [0.29, 0.717) is 28.6 Å². The number of carbonyl (C=O) groups excluding carboxylic acids is 1. The molecular formula is C22H15N5O3S. The van der Waals surface area contributed by atoms with Crippen molar-refractivity contribution in [3.05, 3.63) is 72.0 Å². The summed E-state index contributed by atoms with van der Waals surface area (Å²) in [4.78, 5) is 18.4. The molecule has 0 bridgehead atoms. The second kappa shape index (κ2) is 6.99. The van der Waals surface area contributed by atoms with Crippen LogP contribution in [0.25, 0.3) is 27.5 Å². The molecule has 152 valence electrons. The molecule has 4 heterocycles. The third kappa shape index (κ3) is 3.11. The monoisotopic (exact) mass is 429 g/mol. The molecule has 1 amide bonds. The number of imidazole rings is 1. The highest BCUT2D eigenvalue weighted by Crippen LogP contribution is 2.35. The van der Waals surface area contributed by atoms with Gasteiger partial charge in [-0.15, -0.1) is 11.3 Å². The lowest BCUT2D eigenvalue weighted by molar-refractivity contribution is 0.102. The van der Waals surface area contributed by atoms with Crippen LogP contribution in [-0.2, 0) is 0 Å². The number of amides is 1. The van der Waals surface area contributed by atoms with E-state index in [1.807, 2.05) is 64.6 Å². The lowest BCUT2D eigenvalue weighted by Crippen LogP contribution is -2.13. The lowest BCUT2D eigenvalue weighted by atomic mass is 10.1. The van der Waals surface area contributed by atoms with Gasteiger partial charge >= 0.3 is 0 Å². The number of carbonyl (C=O) groups is 1. The SMILES string of the molecule is O=C(Nc1ccccc1-c1cn2ccsc2n1)c1cc(-c2ccc3c(c2)OCO3)n[nH]1. The average molecular weight is 429 g/mol. The fourth-order valence-corrected chi connectivity index (χ4v) is 4.20. The molecule has 1 aliphatic heterocycles. The largest absolute Gasteiger partial charge is 0.454 e. The number of H-pyrrole nitrogens is 1. The van der Waals surface area contributed by atoms with E-state index in [-0.39, 0.29) is 12.7 Å². The van der Waals surface area contributed by atoms with Crippen molar-refractivity contribution in [2.75, 3.05) is 12.1 Å². The van der Waals surface area contributed by atoms with E-state index in [0.717, 1.165) is 21.8 Å². The Morgan fingerprint density at radius 1 is 1.10 bits per heavy atom. The molecule has 6 rings (SSSR count). The number of anilines is 1. The number of nitrogens with one attached hydrogen (secondary N) is 2. The molecule has 0 aliphatic carbocycles. The number of nitrogens with zero attached hydrogens (tertiary/aromatic N) is 3. The summed E-state index contributed by atoms with van der Waals surface area (Å²) in [6.07, 6.45) is 3.91. The maximum atomic E-state index is 12.9. The third-order valence-electron chi connectivity index (χ3n) is 5.04. The van der Waals surface area contributed by atoms with Gasteiger partial charge in [0.1, 0.15) is 5.69 Å². The second-order valence-corrected chi connectivity index (χ2v) is 7.83. The van der Waals surface area contributed by atoms with Gasteiger partial charge in [0, 0.05) is 28.9 Å². The number of thiazole rings is 1. The van der Waals surface area contributed by atoms with E-state index in [4.69, 9.17) is 9.47 Å². The molecule has 3 aromatic heterocycles. The highest BCUT2D eigenvalue weighted by molar-refractivity contribution is 7.15. The number of hydrogen-bond acceptors (Lipinski definition) is 6. The molecular weight excluding hydrogens is 414 g/mol. The van der Waals surface area contributed by atoms with Crippen LogP contribution in [0.15, 0.2) is 66.3 Å². The number of hydrogen-bond donors (Lipinski definition) is 2. The molecule has 2 N–H and O–H groups in total. The zero-order valence-corrected chi connectivity index (χ0v) is 16.8. The van der Waals surface area contributed by atoms with Gasteiger partial charge in [-0.2, -0.15) is 5.10 Å². The Balaban J connectivity index is 1.27. The van der Waals surface area contributed by atoms with Crippen molar-refractivity contribution in [2.24, 2.45) is 0 Å². The average Bonchev–Trinajstić information content (AvgIpc) is 3.57. The van der Waals surface area contributed by atoms with E-state index < -0.39 is 0 Å². The van der Waals surface area contributed by atoms with Crippen LogP contribution in [0.3, 0.4) is 0 Å². The first kappa shape index (κ1) is 17.7. The van der Waals surface area contributed by atoms with E-state index in [1.54, 1.807) is 17.4 Å². The van der Waals surface area contributed by atoms with Gasteiger partial charge in [0.25, 0.3) is 5.91 Å². The quantitative estimate of drug-likeness (QED) is 0.441. The Hall–Kier alpha value is -4.11. The topological polar surface area (TPSA) is 93.5 Å². The summed E-state index contributed by atoms with van der Waals surface area (Å²) < 4.78 is 12.7. The summed E-state index contributed by atoms with van der Waals surface area (Å²) in [7, 11) is 0. The van der Waals surface area contributed by atoms with Crippen molar-refractivity contribution < 1.29 is 14.3 Å². The van der Waals surface area contributed by atoms with Gasteiger partial charge in [-0.25, -0.2) is 4.98 Å². The minimum absolute atomic E-state index is 0.209. The number of aromatic nitrogens is 4. The number of aromatic amines is 1. The first-order valence-electron chi connectivity index (χ1n) is 9.53. The zero-order chi connectivity index (χ0) is 20.8. The predicted molar refractivity (Wildman–Crippen MR) is 117 cm³/mol. The minimum Gasteiger partial charge on any atom is -0.454 e. The normalized spacial score (nSPS) is 12.4. The fraction of sp³-hybridized carbons (Fsp3) is 0.0455. The standard InChI is InChI=1S/C22H15N5O3S/c28-21(17-10-16(25-26-17)13-5-6-19-20(9-13)30-12-29-19)23-15-4-2-1-3-14(15)18-11-27-7-8-31-22(27)24-18/h1-11H,12H2,(H,23,28)(H,25,26). The highest BCUT2D eigenvalue weighted by Gasteiger charge is 2.18. The summed E-state index contributed by atoms with van der Waals surface area (Å²) in [6.45, 7) is 0.209. The molecule has 5 aromatic rings. The van der Waals surface area contributed by atoms with Crippen molar-refractivity contribution in [1.29, 1.82) is 0 Å². The fourth-order valence-electron chi connectivity index (χ4n) is 3.50. The van der Waals surface area contributed by atoms with Crippen LogP contribution >= 0.6 is 11.3 Å². The first-order chi connectivity index (χ1) is 15.2. The van der Waals surface area contributed by atoms with Crippen LogP contribution in [0.4, 0.5) is 5.69 Å². The molecule has 0 saturated carbocycles. The number of rotatable bonds is 4. The van der Waals surface area contributed by atoms with Gasteiger partial charge in [-0.1, -0.05) is 18.2 Å². The summed E-state index contributed by atoms with van der Waals surface area (Å²) in [5, 5.41) is 12.0. The van der Waals surface area contributed by atoms with E-state index in [9.17, 15) is 4.79 Å². The molecule has 0 saturated heterocycles. The smallest absolute Gasteiger partial charge is 0.273 e. The van der Waals surface area contributed by atoms with Crippen molar-refractivity contribution in [3.63, 3.8) is 0 Å². The first-order valence-corrected chi connectivity index (χ1v) is 10.4. The maximum Gasteiger partial charge on any atom is 0.273 e. The third-order valence-corrected chi connectivity index (χ3v) is 5.81. The van der Waals surface area contributed by atoms with Gasteiger partial charge in [-0.05, 0) is 30.3 Å². The van der Waals surface area contributed by atoms with E-state index >= 15 is 0 Å². The molecule has 0 unspecified atom stereocenters. The van der Waals surface area contributed by atoms with Gasteiger partial charge in [0.2, 0.25) is 6.79 Å². The summed E-state index contributed by atoms with van der Waals surface area (Å²) in [5.74, 6) is 1.08. The van der Waals surface area contributed by atoms with Crippen molar-refractivity contribution in [3.8, 4) is 34.0 Å². The van der Waals surface area contributed by atoms with Crippen LogP contribution in [0.5, 0.6) is 11.5 Å². The Bertz CT molecular complexity index is 1410. The number of benzene rings is 2. The number of ether oxygens (including phenoxy) is 2. The van der Waals surface area contributed by atoms with Crippen LogP contribution in [0.1, 0.15) is 10.5 Å². The Labute approximate surface area is 180 Å². The summed E-state index contributed by atoms with van der Waals surface area (Å²) in [6, 6.07) is 14.9. The summed E-state index contributed by atoms with van der Waals surface area (Å²) in [5.41, 5.74) is 4.16. The number of fused-ring (bicyclic) bond motifs is 2. The molecule has 1 aliphatic rings.